The summed E-state index contributed by atoms with van der Waals surface area (Å²) in [4.78, 5) is 26.0. The first-order chi connectivity index (χ1) is 13.4. The third-order valence-corrected chi connectivity index (χ3v) is 4.20. The number of ether oxygens (including phenoxy) is 2. The molecule has 0 aromatic heterocycles. The zero-order valence-corrected chi connectivity index (χ0v) is 16.7. The second kappa shape index (κ2) is 10.2. The molecule has 0 bridgehead atoms. The molecule has 2 aromatic carbocycles. The normalized spacial score (nSPS) is 10.1. The van der Waals surface area contributed by atoms with Crippen LogP contribution in [0, 0.1) is 0 Å². The number of hydrogen-bond donors (Lipinski definition) is 2. The summed E-state index contributed by atoms with van der Waals surface area (Å²) in [5.41, 5.74) is 2.69. The van der Waals surface area contributed by atoms with Crippen LogP contribution < -0.4 is 25.0 Å². The van der Waals surface area contributed by atoms with Gasteiger partial charge in [-0.2, -0.15) is 0 Å². The summed E-state index contributed by atoms with van der Waals surface area (Å²) in [7, 11) is 7.05. The summed E-state index contributed by atoms with van der Waals surface area (Å²) in [6.07, 6.45) is 0.820. The molecule has 2 rings (SSSR count). The Morgan fingerprint density at radius 2 is 1.61 bits per heavy atom. The van der Waals surface area contributed by atoms with Crippen molar-refractivity contribution in [1.29, 1.82) is 0 Å². The maximum atomic E-state index is 12.0. The summed E-state index contributed by atoms with van der Waals surface area (Å²) in [5.74, 6) is 0.816. The Morgan fingerprint density at radius 3 is 2.21 bits per heavy atom. The summed E-state index contributed by atoms with van der Waals surface area (Å²) in [6.45, 7) is -0.0692. The van der Waals surface area contributed by atoms with E-state index in [2.05, 4.69) is 10.6 Å². The van der Waals surface area contributed by atoms with Gasteiger partial charge in [-0.05, 0) is 48.4 Å². The molecule has 150 valence electrons. The van der Waals surface area contributed by atoms with E-state index in [-0.39, 0.29) is 24.8 Å². The van der Waals surface area contributed by atoms with Crippen molar-refractivity contribution in [3.05, 3.63) is 48.0 Å². The van der Waals surface area contributed by atoms with Gasteiger partial charge in [-0.1, -0.05) is 6.07 Å². The lowest BCUT2D eigenvalue weighted by atomic mass is 10.1. The van der Waals surface area contributed by atoms with Crippen molar-refractivity contribution in [3.8, 4) is 11.5 Å². The van der Waals surface area contributed by atoms with Crippen molar-refractivity contribution in [3.63, 3.8) is 0 Å². The number of carbonyl (C=O) groups is 2. The van der Waals surface area contributed by atoms with Crippen LogP contribution in [0.2, 0.25) is 0 Å². The first-order valence-electron chi connectivity index (χ1n) is 8.97. The number of rotatable bonds is 9. The Balaban J connectivity index is 1.76. The van der Waals surface area contributed by atoms with Gasteiger partial charge in [-0.25, -0.2) is 0 Å². The fourth-order valence-electron chi connectivity index (χ4n) is 2.61. The molecule has 2 N–H and O–H groups in total. The molecule has 0 saturated heterocycles. The van der Waals surface area contributed by atoms with Crippen molar-refractivity contribution in [2.45, 2.75) is 12.8 Å². The van der Waals surface area contributed by atoms with E-state index in [1.54, 1.807) is 20.3 Å². The van der Waals surface area contributed by atoms with Crippen molar-refractivity contribution < 1.29 is 19.1 Å². The number of methoxy groups -OCH3 is 2. The molecule has 2 amide bonds. The number of amides is 2. The quantitative estimate of drug-likeness (QED) is 0.693. The average Bonchev–Trinajstić information content (AvgIpc) is 2.70. The molecule has 0 atom stereocenters. The van der Waals surface area contributed by atoms with Crippen LogP contribution in [0.25, 0.3) is 0 Å². The topological polar surface area (TPSA) is 79.9 Å². The third-order valence-electron chi connectivity index (χ3n) is 4.20. The molecular weight excluding hydrogens is 358 g/mol. The van der Waals surface area contributed by atoms with Crippen LogP contribution in [-0.4, -0.2) is 46.7 Å². The standard InChI is InChI=1S/C21H27N3O4/c1-24(2)17-9-7-16(8-10-17)23-21(26)14-22-20(25)12-6-15-5-11-18(27-3)19(13-15)28-4/h5,7-11,13H,6,12,14H2,1-4H3,(H,22,25)(H,23,26). The summed E-state index contributed by atoms with van der Waals surface area (Å²) in [5, 5.41) is 5.40. The van der Waals surface area contributed by atoms with E-state index in [9.17, 15) is 9.59 Å². The molecule has 0 unspecified atom stereocenters. The van der Waals surface area contributed by atoms with E-state index in [1.165, 1.54) is 0 Å². The molecule has 0 fully saturated rings. The van der Waals surface area contributed by atoms with Crippen LogP contribution in [0.5, 0.6) is 11.5 Å². The smallest absolute Gasteiger partial charge is 0.243 e. The number of hydrogen-bond acceptors (Lipinski definition) is 5. The van der Waals surface area contributed by atoms with Gasteiger partial charge in [0.25, 0.3) is 0 Å². The monoisotopic (exact) mass is 385 g/mol. The van der Waals surface area contributed by atoms with Gasteiger partial charge in [-0.3, -0.25) is 9.59 Å². The van der Waals surface area contributed by atoms with Crippen molar-refractivity contribution in [1.82, 2.24) is 5.32 Å². The maximum absolute atomic E-state index is 12.0. The fraction of sp³-hybridized carbons (Fsp3) is 0.333. The number of nitrogens with zero attached hydrogens (tertiary/aromatic N) is 1. The van der Waals surface area contributed by atoms with Gasteiger partial charge in [-0.15, -0.1) is 0 Å². The van der Waals surface area contributed by atoms with Gasteiger partial charge in [0.2, 0.25) is 11.8 Å². The summed E-state index contributed by atoms with van der Waals surface area (Å²) < 4.78 is 10.5. The molecule has 28 heavy (non-hydrogen) atoms. The molecule has 0 aliphatic rings. The highest BCUT2D eigenvalue weighted by molar-refractivity contribution is 5.94. The van der Waals surface area contributed by atoms with E-state index >= 15 is 0 Å². The molecular formula is C21H27N3O4. The highest BCUT2D eigenvalue weighted by Crippen LogP contribution is 2.27. The molecule has 7 nitrogen and oxygen atoms in total. The zero-order chi connectivity index (χ0) is 20.5. The van der Waals surface area contributed by atoms with Gasteiger partial charge >= 0.3 is 0 Å². The minimum Gasteiger partial charge on any atom is -0.493 e. The summed E-state index contributed by atoms with van der Waals surface area (Å²) >= 11 is 0. The van der Waals surface area contributed by atoms with E-state index in [4.69, 9.17) is 9.47 Å². The average molecular weight is 385 g/mol. The molecule has 0 aliphatic carbocycles. The minimum atomic E-state index is -0.267. The Labute approximate surface area is 165 Å². The first kappa shape index (κ1) is 21.1. The molecule has 2 aromatic rings. The van der Waals surface area contributed by atoms with Gasteiger partial charge in [0.1, 0.15) is 0 Å². The van der Waals surface area contributed by atoms with E-state index in [0.29, 0.717) is 23.6 Å². The number of aryl methyl sites for hydroxylation is 1. The van der Waals surface area contributed by atoms with Crippen molar-refractivity contribution in [2.75, 3.05) is 45.1 Å². The SMILES string of the molecule is COc1ccc(CCC(=O)NCC(=O)Nc2ccc(N(C)C)cc2)cc1OC. The van der Waals surface area contributed by atoms with Crippen LogP contribution >= 0.6 is 0 Å². The van der Waals surface area contributed by atoms with E-state index in [1.807, 2.05) is 55.4 Å². The lowest BCUT2D eigenvalue weighted by Crippen LogP contribution is -2.32. The van der Waals surface area contributed by atoms with Gasteiger partial charge in [0, 0.05) is 31.9 Å². The van der Waals surface area contributed by atoms with Gasteiger partial charge < -0.3 is 25.0 Å². The second-order valence-corrected chi connectivity index (χ2v) is 6.46. The van der Waals surface area contributed by atoms with Crippen LogP contribution in [0.15, 0.2) is 42.5 Å². The number of benzene rings is 2. The summed E-state index contributed by atoms with van der Waals surface area (Å²) in [6, 6.07) is 13.0. The van der Waals surface area contributed by atoms with Gasteiger partial charge in [0.15, 0.2) is 11.5 Å². The van der Waals surface area contributed by atoms with Crippen molar-refractivity contribution in [2.24, 2.45) is 0 Å². The van der Waals surface area contributed by atoms with Crippen molar-refractivity contribution >= 4 is 23.2 Å². The Morgan fingerprint density at radius 1 is 0.929 bits per heavy atom. The molecule has 0 aliphatic heterocycles. The van der Waals surface area contributed by atoms with E-state index in [0.717, 1.165) is 11.3 Å². The predicted molar refractivity (Wildman–Crippen MR) is 110 cm³/mol. The van der Waals surface area contributed by atoms with E-state index < -0.39 is 0 Å². The molecule has 0 saturated carbocycles. The highest BCUT2D eigenvalue weighted by Gasteiger charge is 2.09. The number of carbonyl (C=O) groups excluding carboxylic acids is 2. The lowest BCUT2D eigenvalue weighted by molar-refractivity contribution is -0.124. The largest absolute Gasteiger partial charge is 0.493 e. The highest BCUT2D eigenvalue weighted by atomic mass is 16.5. The molecule has 0 radical (unpaired) electrons. The second-order valence-electron chi connectivity index (χ2n) is 6.46. The zero-order valence-electron chi connectivity index (χ0n) is 16.7. The Hall–Kier alpha value is -3.22. The molecule has 7 heteroatoms. The molecule has 0 spiro atoms. The minimum absolute atomic E-state index is 0.0692. The molecule has 0 heterocycles. The lowest BCUT2D eigenvalue weighted by Gasteiger charge is -2.13. The maximum Gasteiger partial charge on any atom is 0.243 e. The number of nitrogens with one attached hydrogen (secondary N) is 2. The predicted octanol–water partition coefficient (Wildman–Crippen LogP) is 2.46. The fourth-order valence-corrected chi connectivity index (χ4v) is 2.61. The van der Waals surface area contributed by atoms with Crippen LogP contribution in [0.1, 0.15) is 12.0 Å². The third kappa shape index (κ3) is 6.19. The Bertz CT molecular complexity index is 804. The van der Waals surface area contributed by atoms with Crippen LogP contribution in [0.4, 0.5) is 11.4 Å². The van der Waals surface area contributed by atoms with Gasteiger partial charge in [0.05, 0.1) is 20.8 Å². The van der Waals surface area contributed by atoms with Crippen LogP contribution in [0.3, 0.4) is 0 Å². The Kier molecular flexibility index (Phi) is 7.68. The van der Waals surface area contributed by atoms with Crippen LogP contribution in [-0.2, 0) is 16.0 Å². The number of anilines is 2. The first-order valence-corrected chi connectivity index (χ1v) is 8.97.